The van der Waals surface area contributed by atoms with E-state index in [1.807, 2.05) is 0 Å². The minimum atomic E-state index is -0.160. The molecule has 19 heavy (non-hydrogen) atoms. The molecule has 0 aliphatic heterocycles. The van der Waals surface area contributed by atoms with Crippen LogP contribution in [-0.2, 0) is 0 Å². The number of hydrogen-bond donors (Lipinski definition) is 2. The molecule has 0 aliphatic rings. The molecule has 0 spiro atoms. The van der Waals surface area contributed by atoms with Crippen LogP contribution in [0.1, 0.15) is 11.4 Å². The first-order valence-electron chi connectivity index (χ1n) is 5.29. The lowest BCUT2D eigenvalue weighted by atomic mass is 10.3. The second-order valence-corrected chi connectivity index (χ2v) is 4.53. The van der Waals surface area contributed by atoms with Gasteiger partial charge in [-0.1, -0.05) is 29.3 Å². The van der Waals surface area contributed by atoms with Gasteiger partial charge >= 0.3 is 6.01 Å². The summed E-state index contributed by atoms with van der Waals surface area (Å²) in [6.45, 7) is 1.75. The summed E-state index contributed by atoms with van der Waals surface area (Å²) in [6, 6.07) is 6.65. The summed E-state index contributed by atoms with van der Waals surface area (Å²) < 4.78 is 5.47. The zero-order chi connectivity index (χ0) is 14.0. The van der Waals surface area contributed by atoms with E-state index in [1.54, 1.807) is 31.2 Å². The molecule has 1 heterocycles. The Morgan fingerprint density at radius 1 is 1.32 bits per heavy atom. The van der Waals surface area contributed by atoms with E-state index < -0.39 is 0 Å². The van der Waals surface area contributed by atoms with Crippen molar-refractivity contribution in [3.63, 3.8) is 0 Å². The van der Waals surface area contributed by atoms with Crippen LogP contribution in [0.3, 0.4) is 0 Å². The van der Waals surface area contributed by atoms with Gasteiger partial charge in [-0.2, -0.15) is 4.98 Å². The average Bonchev–Trinajstić information content (AvgIpc) is 2.34. The number of rotatable bonds is 3. The maximum Gasteiger partial charge on any atom is 0.322 e. The number of halogens is 2. The predicted molar refractivity (Wildman–Crippen MR) is 74.3 cm³/mol. The summed E-state index contributed by atoms with van der Waals surface area (Å²) in [5, 5.41) is 8.02. The van der Waals surface area contributed by atoms with Gasteiger partial charge < -0.3 is 10.5 Å². The third-order valence-corrected chi connectivity index (χ3v) is 3.03. The number of amidine groups is 1. The van der Waals surface area contributed by atoms with Gasteiger partial charge in [0.05, 0.1) is 5.02 Å². The first-order chi connectivity index (χ1) is 8.97. The van der Waals surface area contributed by atoms with Crippen LogP contribution in [0.5, 0.6) is 11.8 Å². The fourth-order valence-corrected chi connectivity index (χ4v) is 1.72. The summed E-state index contributed by atoms with van der Waals surface area (Å²) in [5.74, 6) is 0.182. The van der Waals surface area contributed by atoms with Gasteiger partial charge in [0, 0.05) is 5.69 Å². The van der Waals surface area contributed by atoms with Gasteiger partial charge in [0.1, 0.15) is 16.6 Å². The highest BCUT2D eigenvalue weighted by Gasteiger charge is 2.10. The number of benzene rings is 1. The Balaban J connectivity index is 2.38. The van der Waals surface area contributed by atoms with Crippen molar-refractivity contribution in [2.24, 2.45) is 5.73 Å². The lowest BCUT2D eigenvalue weighted by Crippen LogP contribution is -2.14. The molecule has 2 rings (SSSR count). The zero-order valence-electron chi connectivity index (χ0n) is 9.95. The summed E-state index contributed by atoms with van der Waals surface area (Å²) >= 11 is 11.9. The van der Waals surface area contributed by atoms with Gasteiger partial charge in [0.15, 0.2) is 5.75 Å². The van der Waals surface area contributed by atoms with Crippen molar-refractivity contribution in [1.82, 2.24) is 9.97 Å². The lowest BCUT2D eigenvalue weighted by Gasteiger charge is -2.08. The number of hydrogen-bond acceptors (Lipinski definition) is 4. The van der Waals surface area contributed by atoms with E-state index in [0.717, 1.165) is 0 Å². The third kappa shape index (κ3) is 3.13. The number of aromatic nitrogens is 2. The molecule has 0 fully saturated rings. The fourth-order valence-electron chi connectivity index (χ4n) is 1.39. The van der Waals surface area contributed by atoms with Crippen LogP contribution in [0.15, 0.2) is 24.3 Å². The standard InChI is InChI=1S/C12H10Cl2N4O/c1-6-5-8(11(15)16)18-12(17-6)19-9-4-2-3-7(13)10(9)14/h2-5H,1H3,(H3,15,16). The lowest BCUT2D eigenvalue weighted by molar-refractivity contribution is 0.440. The van der Waals surface area contributed by atoms with Crippen LogP contribution < -0.4 is 10.5 Å². The number of nitrogens with two attached hydrogens (primary N) is 1. The van der Waals surface area contributed by atoms with E-state index in [-0.39, 0.29) is 16.9 Å². The topological polar surface area (TPSA) is 84.9 Å². The van der Waals surface area contributed by atoms with Crippen molar-refractivity contribution < 1.29 is 4.74 Å². The Morgan fingerprint density at radius 3 is 2.74 bits per heavy atom. The molecule has 0 amide bonds. The summed E-state index contributed by atoms with van der Waals surface area (Å²) in [4.78, 5) is 8.11. The van der Waals surface area contributed by atoms with Gasteiger partial charge in [-0.15, -0.1) is 0 Å². The Bertz CT molecular complexity index is 646. The molecule has 0 saturated heterocycles. The number of nitrogens with zero attached hydrogens (tertiary/aromatic N) is 2. The van der Waals surface area contributed by atoms with Crippen LogP contribution in [-0.4, -0.2) is 15.8 Å². The Kier molecular flexibility index (Phi) is 3.87. The molecule has 2 aromatic rings. The quantitative estimate of drug-likeness (QED) is 0.673. The molecule has 0 unspecified atom stereocenters. The molecule has 1 aromatic heterocycles. The van der Waals surface area contributed by atoms with Crippen molar-refractivity contribution >= 4 is 29.0 Å². The van der Waals surface area contributed by atoms with Crippen LogP contribution in [0, 0.1) is 12.3 Å². The third-order valence-electron chi connectivity index (χ3n) is 2.23. The van der Waals surface area contributed by atoms with Crippen LogP contribution >= 0.6 is 23.2 Å². The van der Waals surface area contributed by atoms with Gasteiger partial charge in [0.25, 0.3) is 0 Å². The van der Waals surface area contributed by atoms with E-state index in [1.165, 1.54) is 0 Å². The smallest absolute Gasteiger partial charge is 0.322 e. The van der Waals surface area contributed by atoms with Crippen LogP contribution in [0.2, 0.25) is 10.0 Å². The van der Waals surface area contributed by atoms with E-state index >= 15 is 0 Å². The Labute approximate surface area is 119 Å². The van der Waals surface area contributed by atoms with Gasteiger partial charge in [0.2, 0.25) is 0 Å². The number of nitrogen functional groups attached to an aromatic ring is 1. The maximum atomic E-state index is 7.37. The van der Waals surface area contributed by atoms with E-state index in [2.05, 4.69) is 9.97 Å². The van der Waals surface area contributed by atoms with Crippen molar-refractivity contribution in [3.8, 4) is 11.8 Å². The van der Waals surface area contributed by atoms with Crippen LogP contribution in [0.4, 0.5) is 0 Å². The number of aryl methyl sites for hydroxylation is 1. The molecule has 0 aliphatic carbocycles. The van der Waals surface area contributed by atoms with Gasteiger partial charge in [-0.25, -0.2) is 4.98 Å². The SMILES string of the molecule is Cc1cc(C(=N)N)nc(Oc2cccc(Cl)c2Cl)n1. The highest BCUT2D eigenvalue weighted by Crippen LogP contribution is 2.33. The predicted octanol–water partition coefficient (Wildman–Crippen LogP) is 3.17. The molecular weight excluding hydrogens is 287 g/mol. The largest absolute Gasteiger partial charge is 0.423 e. The molecule has 3 N–H and O–H groups in total. The van der Waals surface area contributed by atoms with E-state index in [4.69, 9.17) is 39.1 Å². The molecule has 0 bridgehead atoms. The van der Waals surface area contributed by atoms with Crippen molar-refractivity contribution in [2.45, 2.75) is 6.92 Å². The maximum absolute atomic E-state index is 7.37. The summed E-state index contributed by atoms with van der Waals surface area (Å²) in [7, 11) is 0. The van der Waals surface area contributed by atoms with E-state index in [9.17, 15) is 0 Å². The van der Waals surface area contributed by atoms with Crippen molar-refractivity contribution in [3.05, 3.63) is 45.7 Å². The minimum Gasteiger partial charge on any atom is -0.423 e. The highest BCUT2D eigenvalue weighted by molar-refractivity contribution is 6.42. The zero-order valence-corrected chi connectivity index (χ0v) is 11.5. The Morgan fingerprint density at radius 2 is 2.05 bits per heavy atom. The van der Waals surface area contributed by atoms with Crippen LogP contribution in [0.25, 0.3) is 0 Å². The summed E-state index contributed by atoms with van der Waals surface area (Å²) in [6.07, 6.45) is 0. The average molecular weight is 297 g/mol. The summed E-state index contributed by atoms with van der Waals surface area (Å²) in [5.41, 5.74) is 6.31. The first kappa shape index (κ1) is 13.6. The van der Waals surface area contributed by atoms with Gasteiger partial charge in [-0.05, 0) is 25.1 Å². The first-order valence-corrected chi connectivity index (χ1v) is 6.05. The molecule has 7 heteroatoms. The number of nitrogens with one attached hydrogen (secondary N) is 1. The molecule has 5 nitrogen and oxygen atoms in total. The second-order valence-electron chi connectivity index (χ2n) is 3.74. The fraction of sp³-hybridized carbons (Fsp3) is 0.0833. The second kappa shape index (κ2) is 5.42. The monoisotopic (exact) mass is 296 g/mol. The Hall–Kier alpha value is -1.85. The molecule has 1 aromatic carbocycles. The molecule has 0 radical (unpaired) electrons. The normalized spacial score (nSPS) is 10.3. The molecular formula is C12H10Cl2N4O. The van der Waals surface area contributed by atoms with E-state index in [0.29, 0.717) is 22.2 Å². The molecule has 0 atom stereocenters. The number of ether oxygens (including phenoxy) is 1. The molecule has 98 valence electrons. The van der Waals surface area contributed by atoms with Crippen molar-refractivity contribution in [1.29, 1.82) is 5.41 Å². The van der Waals surface area contributed by atoms with Gasteiger partial charge in [-0.3, -0.25) is 5.41 Å². The minimum absolute atomic E-state index is 0.0642. The highest BCUT2D eigenvalue weighted by atomic mass is 35.5. The van der Waals surface area contributed by atoms with Crippen molar-refractivity contribution in [2.75, 3.05) is 0 Å². The molecule has 0 saturated carbocycles.